The van der Waals surface area contributed by atoms with E-state index in [9.17, 15) is 13.2 Å². The number of pyridine rings is 1. The van der Waals surface area contributed by atoms with Gasteiger partial charge in [-0.25, -0.2) is 4.98 Å². The van der Waals surface area contributed by atoms with Crippen LogP contribution in [0.1, 0.15) is 39.0 Å². The van der Waals surface area contributed by atoms with E-state index in [0.717, 1.165) is 23.7 Å². The fourth-order valence-electron chi connectivity index (χ4n) is 1.92. The van der Waals surface area contributed by atoms with Crippen molar-refractivity contribution in [1.29, 1.82) is 0 Å². The first-order valence-corrected chi connectivity index (χ1v) is 6.53. The summed E-state index contributed by atoms with van der Waals surface area (Å²) in [6.07, 6.45) is -1.83. The number of nitrogens with zero attached hydrogens (tertiary/aromatic N) is 2. The van der Waals surface area contributed by atoms with Crippen LogP contribution in [0, 0.1) is 0 Å². The van der Waals surface area contributed by atoms with Crippen molar-refractivity contribution in [1.82, 2.24) is 9.55 Å². The first kappa shape index (κ1) is 15.5. The average Bonchev–Trinajstić information content (AvgIpc) is 2.77. The zero-order chi connectivity index (χ0) is 14.6. The molecule has 0 atom stereocenters. The third-order valence-electron chi connectivity index (χ3n) is 2.81. The number of hydrogen-bond acceptors (Lipinski definition) is 1. The van der Waals surface area contributed by atoms with E-state index in [1.807, 2.05) is 38.5 Å². The maximum atomic E-state index is 12.6. The molecule has 0 spiro atoms. The van der Waals surface area contributed by atoms with Crippen molar-refractivity contribution in [3.8, 4) is 0 Å². The second-order valence-electron chi connectivity index (χ2n) is 3.86. The van der Waals surface area contributed by atoms with Crippen LogP contribution in [0.4, 0.5) is 13.2 Å². The predicted octanol–water partition coefficient (Wildman–Crippen LogP) is 4.66. The number of halogens is 3. The molecule has 2 nitrogen and oxygen atoms in total. The fourth-order valence-corrected chi connectivity index (χ4v) is 1.92. The number of hydrogen-bond donors (Lipinski definition) is 0. The molecule has 106 valence electrons. The topological polar surface area (TPSA) is 17.8 Å². The summed E-state index contributed by atoms with van der Waals surface area (Å²) in [5, 5.41) is 0. The largest absolute Gasteiger partial charge is 0.433 e. The quantitative estimate of drug-likeness (QED) is 0.777. The van der Waals surface area contributed by atoms with E-state index in [1.54, 1.807) is 0 Å². The normalized spacial score (nSPS) is 11.3. The van der Waals surface area contributed by atoms with Crippen LogP contribution >= 0.6 is 0 Å². The SMILES string of the molecule is CC.CCc1cn(CC)c2ccc(C(F)(F)F)nc12. The van der Waals surface area contributed by atoms with Crippen LogP contribution in [0.3, 0.4) is 0 Å². The molecule has 0 fully saturated rings. The molecule has 5 heteroatoms. The van der Waals surface area contributed by atoms with Crippen molar-refractivity contribution in [3.63, 3.8) is 0 Å². The predicted molar refractivity (Wildman–Crippen MR) is 71.1 cm³/mol. The smallest absolute Gasteiger partial charge is 0.346 e. The Labute approximate surface area is 111 Å². The number of aryl methyl sites for hydroxylation is 2. The monoisotopic (exact) mass is 272 g/mol. The number of aromatic nitrogens is 2. The highest BCUT2D eigenvalue weighted by Gasteiger charge is 2.32. The average molecular weight is 272 g/mol. The number of rotatable bonds is 2. The minimum absolute atomic E-state index is 0.462. The van der Waals surface area contributed by atoms with E-state index in [-0.39, 0.29) is 0 Å². The van der Waals surface area contributed by atoms with Crippen molar-refractivity contribution in [3.05, 3.63) is 29.6 Å². The van der Waals surface area contributed by atoms with E-state index in [4.69, 9.17) is 0 Å². The molecule has 0 aliphatic rings. The molecule has 0 bridgehead atoms. The molecule has 2 aromatic heterocycles. The van der Waals surface area contributed by atoms with E-state index >= 15 is 0 Å². The fraction of sp³-hybridized carbons (Fsp3) is 0.500. The second-order valence-corrected chi connectivity index (χ2v) is 3.86. The maximum Gasteiger partial charge on any atom is 0.433 e. The Bertz CT molecular complexity index is 541. The molecule has 19 heavy (non-hydrogen) atoms. The van der Waals surface area contributed by atoms with Crippen molar-refractivity contribution in [2.45, 2.75) is 46.8 Å². The highest BCUT2D eigenvalue weighted by molar-refractivity contribution is 5.80. The Balaban J connectivity index is 0.000000861. The van der Waals surface area contributed by atoms with Crippen LogP contribution < -0.4 is 0 Å². The minimum atomic E-state index is -4.38. The minimum Gasteiger partial charge on any atom is -0.346 e. The lowest BCUT2D eigenvalue weighted by Crippen LogP contribution is -2.07. The van der Waals surface area contributed by atoms with Crippen LogP contribution in [-0.4, -0.2) is 9.55 Å². The Morgan fingerprint density at radius 1 is 1.16 bits per heavy atom. The third-order valence-corrected chi connectivity index (χ3v) is 2.81. The molecule has 0 saturated heterocycles. The van der Waals surface area contributed by atoms with Gasteiger partial charge in [0.25, 0.3) is 0 Å². The number of fused-ring (bicyclic) bond motifs is 1. The summed E-state index contributed by atoms with van der Waals surface area (Å²) < 4.78 is 39.6. The first-order chi connectivity index (χ1) is 8.97. The molecule has 2 rings (SSSR count). The van der Waals surface area contributed by atoms with Crippen molar-refractivity contribution < 1.29 is 13.2 Å². The van der Waals surface area contributed by atoms with Crippen LogP contribution in [0.5, 0.6) is 0 Å². The van der Waals surface area contributed by atoms with E-state index < -0.39 is 11.9 Å². The first-order valence-electron chi connectivity index (χ1n) is 6.53. The molecule has 0 amide bonds. The van der Waals surface area contributed by atoms with Gasteiger partial charge in [-0.2, -0.15) is 13.2 Å². The molecule has 0 N–H and O–H groups in total. The molecular formula is C14H19F3N2. The van der Waals surface area contributed by atoms with Crippen molar-refractivity contribution in [2.75, 3.05) is 0 Å². The van der Waals surface area contributed by atoms with Gasteiger partial charge in [0.1, 0.15) is 5.69 Å². The van der Waals surface area contributed by atoms with Crippen LogP contribution in [0.2, 0.25) is 0 Å². The Kier molecular flexibility index (Phi) is 4.97. The van der Waals surface area contributed by atoms with Crippen molar-refractivity contribution >= 4 is 11.0 Å². The Morgan fingerprint density at radius 3 is 2.26 bits per heavy atom. The van der Waals surface area contributed by atoms with Gasteiger partial charge in [-0.05, 0) is 31.0 Å². The molecular weight excluding hydrogens is 253 g/mol. The summed E-state index contributed by atoms with van der Waals surface area (Å²) in [6.45, 7) is 8.59. The van der Waals surface area contributed by atoms with Gasteiger partial charge in [-0.15, -0.1) is 0 Å². The van der Waals surface area contributed by atoms with E-state index in [2.05, 4.69) is 4.98 Å². The van der Waals surface area contributed by atoms with Crippen LogP contribution in [0.15, 0.2) is 18.3 Å². The lowest BCUT2D eigenvalue weighted by molar-refractivity contribution is -0.140. The second kappa shape index (κ2) is 6.08. The maximum absolute atomic E-state index is 12.6. The standard InChI is InChI=1S/C12H13F3N2.C2H6/c1-3-8-7-17(4-2)9-5-6-10(12(13,14)15)16-11(8)9;1-2/h5-7H,3-4H2,1-2H3;1-2H3. The zero-order valence-electron chi connectivity index (χ0n) is 11.7. The summed E-state index contributed by atoms with van der Waals surface area (Å²) >= 11 is 0. The van der Waals surface area contributed by atoms with Crippen molar-refractivity contribution in [2.24, 2.45) is 0 Å². The molecule has 2 aromatic rings. The van der Waals surface area contributed by atoms with E-state index in [1.165, 1.54) is 6.07 Å². The van der Waals surface area contributed by atoms with Gasteiger partial charge < -0.3 is 4.57 Å². The summed E-state index contributed by atoms with van der Waals surface area (Å²) in [5.41, 5.74) is 1.25. The molecule has 0 aliphatic carbocycles. The van der Waals surface area contributed by atoms with Gasteiger partial charge in [0, 0.05) is 12.7 Å². The van der Waals surface area contributed by atoms with Crippen LogP contribution in [0.25, 0.3) is 11.0 Å². The highest BCUT2D eigenvalue weighted by atomic mass is 19.4. The summed E-state index contributed by atoms with van der Waals surface area (Å²) in [5.74, 6) is 0. The molecule has 2 heterocycles. The molecule has 0 aromatic carbocycles. The summed E-state index contributed by atoms with van der Waals surface area (Å²) in [4.78, 5) is 3.74. The van der Waals surface area contributed by atoms with Gasteiger partial charge in [-0.1, -0.05) is 20.8 Å². The van der Waals surface area contributed by atoms with Gasteiger partial charge in [0.15, 0.2) is 0 Å². The lowest BCUT2D eigenvalue weighted by atomic mass is 10.2. The zero-order valence-corrected chi connectivity index (χ0v) is 11.7. The molecule has 0 aliphatic heterocycles. The Hall–Kier alpha value is -1.52. The summed E-state index contributed by atoms with van der Waals surface area (Å²) in [6, 6.07) is 2.53. The summed E-state index contributed by atoms with van der Waals surface area (Å²) in [7, 11) is 0. The Morgan fingerprint density at radius 2 is 1.79 bits per heavy atom. The van der Waals surface area contributed by atoms with Crippen LogP contribution in [-0.2, 0) is 19.1 Å². The van der Waals surface area contributed by atoms with E-state index in [0.29, 0.717) is 11.9 Å². The van der Waals surface area contributed by atoms with Gasteiger partial charge in [0.2, 0.25) is 0 Å². The molecule has 0 saturated carbocycles. The molecule has 0 unspecified atom stereocenters. The highest BCUT2D eigenvalue weighted by Crippen LogP contribution is 2.30. The van der Waals surface area contributed by atoms with Gasteiger partial charge >= 0.3 is 6.18 Å². The van der Waals surface area contributed by atoms with Gasteiger partial charge in [0.05, 0.1) is 11.0 Å². The third kappa shape index (κ3) is 3.08. The number of alkyl halides is 3. The lowest BCUT2D eigenvalue weighted by Gasteiger charge is -2.06. The molecule has 0 radical (unpaired) electrons. The van der Waals surface area contributed by atoms with Gasteiger partial charge in [-0.3, -0.25) is 0 Å².